The molecule has 0 aliphatic carbocycles. The summed E-state index contributed by atoms with van der Waals surface area (Å²) < 4.78 is 4.72. The fraction of sp³-hybridized carbons (Fsp3) is 0.467. The molecule has 4 heteroatoms. The van der Waals surface area contributed by atoms with Gasteiger partial charge in [-0.25, -0.2) is 4.79 Å². The predicted octanol–water partition coefficient (Wildman–Crippen LogP) is 2.31. The van der Waals surface area contributed by atoms with Gasteiger partial charge in [0.25, 0.3) is 5.91 Å². The molecule has 0 bridgehead atoms. The Hall–Kier alpha value is -1.84. The summed E-state index contributed by atoms with van der Waals surface area (Å²) in [6, 6.07) is 6.62. The summed E-state index contributed by atoms with van der Waals surface area (Å²) >= 11 is 0. The number of aryl methyl sites for hydroxylation is 1. The van der Waals surface area contributed by atoms with Gasteiger partial charge < -0.3 is 10.1 Å². The van der Waals surface area contributed by atoms with Gasteiger partial charge in [0.05, 0.1) is 7.11 Å². The Balaban J connectivity index is 2.75. The third-order valence-corrected chi connectivity index (χ3v) is 2.81. The third kappa shape index (κ3) is 4.73. The van der Waals surface area contributed by atoms with Crippen molar-refractivity contribution in [3.05, 3.63) is 35.4 Å². The number of benzene rings is 1. The summed E-state index contributed by atoms with van der Waals surface area (Å²) in [6.45, 7) is 5.94. The van der Waals surface area contributed by atoms with Crippen LogP contribution in [0.15, 0.2) is 24.3 Å². The van der Waals surface area contributed by atoms with Crippen molar-refractivity contribution in [1.82, 2.24) is 5.32 Å². The Morgan fingerprint density at radius 1 is 1.21 bits per heavy atom. The third-order valence-electron chi connectivity index (χ3n) is 2.81. The zero-order valence-electron chi connectivity index (χ0n) is 11.9. The standard InChI is InChI=1S/C15H21NO3/c1-10(2)9-13(15(18)19-4)16-14(17)12-7-5-11(3)6-8-12/h5-8,10,13H,9H2,1-4H3,(H,16,17). The van der Waals surface area contributed by atoms with Crippen LogP contribution in [0, 0.1) is 12.8 Å². The molecule has 0 fully saturated rings. The van der Waals surface area contributed by atoms with Gasteiger partial charge in [-0.3, -0.25) is 4.79 Å². The molecule has 0 saturated heterocycles. The van der Waals surface area contributed by atoms with E-state index in [1.54, 1.807) is 12.1 Å². The number of hydrogen-bond acceptors (Lipinski definition) is 3. The SMILES string of the molecule is COC(=O)C(CC(C)C)NC(=O)c1ccc(C)cc1. The van der Waals surface area contributed by atoms with Gasteiger partial charge >= 0.3 is 5.97 Å². The van der Waals surface area contributed by atoms with E-state index in [1.165, 1.54) is 7.11 Å². The number of ether oxygens (including phenoxy) is 1. The van der Waals surface area contributed by atoms with Crippen LogP contribution in [0.2, 0.25) is 0 Å². The number of rotatable bonds is 5. The molecule has 0 radical (unpaired) electrons. The normalized spacial score (nSPS) is 12.1. The molecule has 1 atom stereocenters. The molecule has 1 rings (SSSR count). The Kier molecular flexibility index (Phi) is 5.55. The molecule has 19 heavy (non-hydrogen) atoms. The van der Waals surface area contributed by atoms with Crippen molar-refractivity contribution in [2.24, 2.45) is 5.92 Å². The summed E-state index contributed by atoms with van der Waals surface area (Å²) in [6.07, 6.45) is 0.560. The van der Waals surface area contributed by atoms with Crippen molar-refractivity contribution in [2.75, 3.05) is 7.11 Å². The highest BCUT2D eigenvalue weighted by Crippen LogP contribution is 2.08. The van der Waals surface area contributed by atoms with Crippen molar-refractivity contribution in [3.63, 3.8) is 0 Å². The quantitative estimate of drug-likeness (QED) is 0.829. The van der Waals surface area contributed by atoms with Crippen molar-refractivity contribution in [2.45, 2.75) is 33.2 Å². The van der Waals surface area contributed by atoms with Crippen molar-refractivity contribution in [3.8, 4) is 0 Å². The molecule has 0 heterocycles. The second kappa shape index (κ2) is 6.92. The first-order valence-electron chi connectivity index (χ1n) is 6.39. The lowest BCUT2D eigenvalue weighted by atomic mass is 10.0. The van der Waals surface area contributed by atoms with E-state index in [0.717, 1.165) is 5.56 Å². The van der Waals surface area contributed by atoms with Gasteiger partial charge in [0, 0.05) is 5.56 Å². The second-order valence-corrected chi connectivity index (χ2v) is 5.04. The van der Waals surface area contributed by atoms with Crippen LogP contribution in [0.5, 0.6) is 0 Å². The van der Waals surface area contributed by atoms with E-state index >= 15 is 0 Å². The molecule has 1 unspecified atom stereocenters. The maximum absolute atomic E-state index is 12.0. The lowest BCUT2D eigenvalue weighted by molar-refractivity contribution is -0.143. The van der Waals surface area contributed by atoms with Crippen LogP contribution in [0.3, 0.4) is 0 Å². The molecule has 0 aromatic heterocycles. The van der Waals surface area contributed by atoms with Gasteiger partial charge in [0.2, 0.25) is 0 Å². The summed E-state index contributed by atoms with van der Waals surface area (Å²) in [5.74, 6) is -0.368. The van der Waals surface area contributed by atoms with Crippen LogP contribution in [-0.4, -0.2) is 25.0 Å². The molecule has 0 saturated carbocycles. The number of carbonyl (C=O) groups is 2. The number of carbonyl (C=O) groups excluding carboxylic acids is 2. The molecular formula is C15H21NO3. The molecule has 1 aromatic carbocycles. The van der Waals surface area contributed by atoms with Gasteiger partial charge in [0.15, 0.2) is 0 Å². The summed E-state index contributed by atoms with van der Waals surface area (Å²) in [5, 5.41) is 2.72. The molecule has 0 spiro atoms. The molecule has 1 amide bonds. The number of amides is 1. The van der Waals surface area contributed by atoms with Gasteiger partial charge in [-0.2, -0.15) is 0 Å². The van der Waals surface area contributed by atoms with E-state index in [1.807, 2.05) is 32.9 Å². The molecule has 0 aliphatic rings. The Bertz CT molecular complexity index is 437. The lowest BCUT2D eigenvalue weighted by Crippen LogP contribution is -2.42. The van der Waals surface area contributed by atoms with Crippen LogP contribution >= 0.6 is 0 Å². The average Bonchev–Trinajstić information content (AvgIpc) is 2.37. The van der Waals surface area contributed by atoms with Crippen LogP contribution in [0.25, 0.3) is 0 Å². The first kappa shape index (κ1) is 15.2. The van der Waals surface area contributed by atoms with Gasteiger partial charge in [-0.1, -0.05) is 31.5 Å². The highest BCUT2D eigenvalue weighted by Gasteiger charge is 2.22. The van der Waals surface area contributed by atoms with Crippen LogP contribution in [0.1, 0.15) is 36.2 Å². The number of esters is 1. The minimum Gasteiger partial charge on any atom is -0.467 e. The Labute approximate surface area is 114 Å². The van der Waals surface area contributed by atoms with E-state index in [2.05, 4.69) is 5.32 Å². The van der Waals surface area contributed by atoms with Gasteiger partial charge in [-0.05, 0) is 31.4 Å². The fourth-order valence-electron chi connectivity index (χ4n) is 1.77. The van der Waals surface area contributed by atoms with E-state index in [4.69, 9.17) is 4.74 Å². The molecule has 1 N–H and O–H groups in total. The van der Waals surface area contributed by atoms with Gasteiger partial charge in [-0.15, -0.1) is 0 Å². The van der Waals surface area contributed by atoms with Gasteiger partial charge in [0.1, 0.15) is 6.04 Å². The average molecular weight is 263 g/mol. The number of hydrogen-bond donors (Lipinski definition) is 1. The topological polar surface area (TPSA) is 55.4 Å². The smallest absolute Gasteiger partial charge is 0.328 e. The van der Waals surface area contributed by atoms with Crippen molar-refractivity contribution in [1.29, 1.82) is 0 Å². The minimum absolute atomic E-state index is 0.254. The first-order valence-corrected chi connectivity index (χ1v) is 6.39. The van der Waals surface area contributed by atoms with E-state index < -0.39 is 12.0 Å². The number of methoxy groups -OCH3 is 1. The highest BCUT2D eigenvalue weighted by molar-refractivity contribution is 5.96. The van der Waals surface area contributed by atoms with Crippen molar-refractivity contribution < 1.29 is 14.3 Å². The molecule has 4 nitrogen and oxygen atoms in total. The fourth-order valence-corrected chi connectivity index (χ4v) is 1.77. The maximum atomic E-state index is 12.0. The lowest BCUT2D eigenvalue weighted by Gasteiger charge is -2.18. The van der Waals surface area contributed by atoms with Crippen molar-refractivity contribution >= 4 is 11.9 Å². The first-order chi connectivity index (χ1) is 8.93. The molecule has 104 valence electrons. The largest absolute Gasteiger partial charge is 0.467 e. The zero-order valence-corrected chi connectivity index (χ0v) is 11.9. The summed E-state index contributed by atoms with van der Waals surface area (Å²) in [5.41, 5.74) is 1.63. The molecule has 1 aromatic rings. The minimum atomic E-state index is -0.598. The van der Waals surface area contributed by atoms with Crippen LogP contribution in [0.4, 0.5) is 0 Å². The molecule has 0 aliphatic heterocycles. The van der Waals surface area contributed by atoms with E-state index in [9.17, 15) is 9.59 Å². The number of nitrogens with one attached hydrogen (secondary N) is 1. The second-order valence-electron chi connectivity index (χ2n) is 5.04. The zero-order chi connectivity index (χ0) is 14.4. The molecular weight excluding hydrogens is 242 g/mol. The summed E-state index contributed by atoms with van der Waals surface area (Å²) in [7, 11) is 1.33. The maximum Gasteiger partial charge on any atom is 0.328 e. The summed E-state index contributed by atoms with van der Waals surface area (Å²) in [4.78, 5) is 23.7. The van der Waals surface area contributed by atoms with E-state index in [0.29, 0.717) is 17.9 Å². The van der Waals surface area contributed by atoms with Crippen LogP contribution < -0.4 is 5.32 Å². The monoisotopic (exact) mass is 263 g/mol. The van der Waals surface area contributed by atoms with Crippen LogP contribution in [-0.2, 0) is 9.53 Å². The van der Waals surface area contributed by atoms with E-state index in [-0.39, 0.29) is 5.91 Å². The Morgan fingerprint density at radius 2 is 1.79 bits per heavy atom. The predicted molar refractivity (Wildman–Crippen MR) is 73.9 cm³/mol. The highest BCUT2D eigenvalue weighted by atomic mass is 16.5. The Morgan fingerprint density at radius 3 is 2.26 bits per heavy atom.